The number of nitrogens with zero attached hydrogens (tertiary/aromatic N) is 1. The van der Waals surface area contributed by atoms with Crippen molar-refractivity contribution < 1.29 is 4.79 Å². The van der Waals surface area contributed by atoms with E-state index in [4.69, 9.17) is 0 Å². The van der Waals surface area contributed by atoms with Crippen LogP contribution in [-0.4, -0.2) is 29.0 Å². The number of hydrogen-bond donors (Lipinski definition) is 3. The van der Waals surface area contributed by atoms with E-state index in [-0.39, 0.29) is 5.91 Å². The molecule has 0 fully saturated rings. The fraction of sp³-hybridized carbons (Fsp3) is 0.556. The fourth-order valence-electron chi connectivity index (χ4n) is 1.04. The molecule has 0 aliphatic rings. The smallest absolute Gasteiger partial charge is 0.221 e. The Balaban J connectivity index is 2.09. The minimum absolute atomic E-state index is 0.0561. The molecule has 0 aliphatic heterocycles. The highest BCUT2D eigenvalue weighted by atomic mass is 16.1. The van der Waals surface area contributed by atoms with Gasteiger partial charge in [-0.2, -0.15) is 0 Å². The predicted molar refractivity (Wildman–Crippen MR) is 53.6 cm³/mol. The lowest BCUT2D eigenvalue weighted by molar-refractivity contribution is -0.121. The van der Waals surface area contributed by atoms with Crippen LogP contribution in [0.25, 0.3) is 0 Å². The van der Waals surface area contributed by atoms with Gasteiger partial charge in [0, 0.05) is 19.2 Å². The lowest BCUT2D eigenvalue weighted by atomic mass is 10.3. The molecule has 0 aliphatic carbocycles. The number of imidazole rings is 1. The van der Waals surface area contributed by atoms with E-state index in [0.29, 0.717) is 13.0 Å². The second kappa shape index (κ2) is 6.15. The van der Waals surface area contributed by atoms with Crippen LogP contribution >= 0.6 is 0 Å². The molecule has 1 aromatic rings. The molecule has 0 spiro atoms. The minimum atomic E-state index is 0.0561. The second-order valence-corrected chi connectivity index (χ2v) is 2.96. The Morgan fingerprint density at radius 1 is 1.64 bits per heavy atom. The Morgan fingerprint density at radius 3 is 3.14 bits per heavy atom. The van der Waals surface area contributed by atoms with Crippen LogP contribution in [0.5, 0.6) is 0 Å². The molecular weight excluding hydrogens is 180 g/mol. The van der Waals surface area contributed by atoms with E-state index in [1.54, 1.807) is 12.5 Å². The van der Waals surface area contributed by atoms with Gasteiger partial charge in [0.05, 0.1) is 18.6 Å². The van der Waals surface area contributed by atoms with Crippen LogP contribution in [0.3, 0.4) is 0 Å². The van der Waals surface area contributed by atoms with Gasteiger partial charge in [-0.1, -0.05) is 6.92 Å². The third-order valence-electron chi connectivity index (χ3n) is 1.81. The first kappa shape index (κ1) is 10.7. The Kier molecular flexibility index (Phi) is 4.71. The first-order valence-electron chi connectivity index (χ1n) is 4.77. The van der Waals surface area contributed by atoms with Crippen molar-refractivity contribution in [1.29, 1.82) is 0 Å². The summed E-state index contributed by atoms with van der Waals surface area (Å²) in [6.07, 6.45) is 3.81. The molecule has 5 heteroatoms. The third-order valence-corrected chi connectivity index (χ3v) is 1.81. The topological polar surface area (TPSA) is 69.8 Å². The molecule has 5 nitrogen and oxygen atoms in total. The molecule has 1 aromatic heterocycles. The standard InChI is InChI=1S/C9H16N4O/c1-2-10-4-3-9(14)12-6-8-5-11-7-13-8/h5,7,10H,2-4,6H2,1H3,(H,11,13)(H,12,14). The van der Waals surface area contributed by atoms with Gasteiger partial charge >= 0.3 is 0 Å². The predicted octanol–water partition coefficient (Wildman–Crippen LogP) is 0.0255. The van der Waals surface area contributed by atoms with Crippen LogP contribution in [0.2, 0.25) is 0 Å². The van der Waals surface area contributed by atoms with E-state index < -0.39 is 0 Å². The summed E-state index contributed by atoms with van der Waals surface area (Å²) in [5.41, 5.74) is 0.918. The zero-order chi connectivity index (χ0) is 10.2. The summed E-state index contributed by atoms with van der Waals surface area (Å²) in [6, 6.07) is 0. The number of hydrogen-bond acceptors (Lipinski definition) is 3. The lowest BCUT2D eigenvalue weighted by Crippen LogP contribution is -2.27. The molecule has 1 rings (SSSR count). The average Bonchev–Trinajstić information content (AvgIpc) is 2.68. The Labute approximate surface area is 83.3 Å². The van der Waals surface area contributed by atoms with Gasteiger partial charge in [-0.15, -0.1) is 0 Å². The molecular formula is C9H16N4O. The summed E-state index contributed by atoms with van der Waals surface area (Å²) in [7, 11) is 0. The molecule has 0 bridgehead atoms. The first-order chi connectivity index (χ1) is 6.83. The van der Waals surface area contributed by atoms with E-state index in [2.05, 4.69) is 20.6 Å². The van der Waals surface area contributed by atoms with Crippen LogP contribution in [0.1, 0.15) is 19.0 Å². The first-order valence-corrected chi connectivity index (χ1v) is 4.77. The molecule has 3 N–H and O–H groups in total. The maximum atomic E-state index is 11.2. The molecule has 14 heavy (non-hydrogen) atoms. The number of aromatic amines is 1. The molecule has 1 heterocycles. The summed E-state index contributed by atoms with van der Waals surface area (Å²) in [5.74, 6) is 0.0561. The van der Waals surface area contributed by atoms with Gasteiger partial charge < -0.3 is 15.6 Å². The Morgan fingerprint density at radius 2 is 2.50 bits per heavy atom. The van der Waals surface area contributed by atoms with E-state index in [1.165, 1.54) is 0 Å². The number of amides is 1. The second-order valence-electron chi connectivity index (χ2n) is 2.96. The summed E-state index contributed by atoms with van der Waals surface area (Å²) in [6.45, 7) is 4.16. The molecule has 0 unspecified atom stereocenters. The van der Waals surface area contributed by atoms with Gasteiger partial charge in [-0.3, -0.25) is 4.79 Å². The van der Waals surface area contributed by atoms with E-state index in [9.17, 15) is 4.79 Å². The zero-order valence-corrected chi connectivity index (χ0v) is 8.34. The number of H-pyrrole nitrogens is 1. The number of aromatic nitrogens is 2. The van der Waals surface area contributed by atoms with Crippen molar-refractivity contribution in [3.8, 4) is 0 Å². The van der Waals surface area contributed by atoms with Crippen molar-refractivity contribution in [1.82, 2.24) is 20.6 Å². The Hall–Kier alpha value is -1.36. The molecule has 1 amide bonds. The monoisotopic (exact) mass is 196 g/mol. The van der Waals surface area contributed by atoms with E-state index in [0.717, 1.165) is 18.8 Å². The van der Waals surface area contributed by atoms with Crippen molar-refractivity contribution in [3.63, 3.8) is 0 Å². The van der Waals surface area contributed by atoms with Crippen LogP contribution in [0.4, 0.5) is 0 Å². The third kappa shape index (κ3) is 4.04. The van der Waals surface area contributed by atoms with Crippen molar-refractivity contribution in [3.05, 3.63) is 18.2 Å². The normalized spacial score (nSPS) is 10.1. The van der Waals surface area contributed by atoms with Gasteiger partial charge in [0.1, 0.15) is 0 Å². The van der Waals surface area contributed by atoms with Crippen LogP contribution in [-0.2, 0) is 11.3 Å². The number of nitrogens with one attached hydrogen (secondary N) is 3. The highest BCUT2D eigenvalue weighted by Gasteiger charge is 2.00. The van der Waals surface area contributed by atoms with Crippen LogP contribution < -0.4 is 10.6 Å². The van der Waals surface area contributed by atoms with Gasteiger partial charge in [0.25, 0.3) is 0 Å². The zero-order valence-electron chi connectivity index (χ0n) is 8.34. The van der Waals surface area contributed by atoms with Crippen LogP contribution in [0, 0.1) is 0 Å². The summed E-state index contributed by atoms with van der Waals surface area (Å²) in [4.78, 5) is 18.0. The lowest BCUT2D eigenvalue weighted by Gasteiger charge is -2.03. The van der Waals surface area contributed by atoms with Gasteiger partial charge in [-0.05, 0) is 6.54 Å². The Bertz CT molecular complexity index is 258. The van der Waals surface area contributed by atoms with Gasteiger partial charge in [0.15, 0.2) is 0 Å². The molecule has 0 atom stereocenters. The van der Waals surface area contributed by atoms with Crippen molar-refractivity contribution >= 4 is 5.91 Å². The van der Waals surface area contributed by atoms with Gasteiger partial charge in [0.2, 0.25) is 5.91 Å². The number of rotatable bonds is 6. The van der Waals surface area contributed by atoms with E-state index in [1.807, 2.05) is 6.92 Å². The highest BCUT2D eigenvalue weighted by Crippen LogP contribution is 1.89. The quantitative estimate of drug-likeness (QED) is 0.562. The van der Waals surface area contributed by atoms with Gasteiger partial charge in [-0.25, -0.2) is 4.98 Å². The van der Waals surface area contributed by atoms with Crippen molar-refractivity contribution in [2.75, 3.05) is 13.1 Å². The van der Waals surface area contributed by atoms with Crippen LogP contribution in [0.15, 0.2) is 12.5 Å². The molecule has 0 radical (unpaired) electrons. The average molecular weight is 196 g/mol. The van der Waals surface area contributed by atoms with E-state index >= 15 is 0 Å². The summed E-state index contributed by atoms with van der Waals surface area (Å²) in [5, 5.41) is 5.89. The molecule has 78 valence electrons. The molecule has 0 saturated heterocycles. The summed E-state index contributed by atoms with van der Waals surface area (Å²) < 4.78 is 0. The molecule has 0 saturated carbocycles. The number of carbonyl (C=O) groups is 1. The largest absolute Gasteiger partial charge is 0.350 e. The minimum Gasteiger partial charge on any atom is -0.350 e. The SMILES string of the molecule is CCNCCC(=O)NCc1cnc[nH]1. The summed E-state index contributed by atoms with van der Waals surface area (Å²) >= 11 is 0. The maximum absolute atomic E-state index is 11.2. The molecule has 0 aromatic carbocycles. The van der Waals surface area contributed by atoms with Crippen molar-refractivity contribution in [2.45, 2.75) is 19.9 Å². The van der Waals surface area contributed by atoms with Crippen molar-refractivity contribution in [2.24, 2.45) is 0 Å². The maximum Gasteiger partial charge on any atom is 0.221 e. The number of carbonyl (C=O) groups excluding carboxylic acids is 1. The fourth-order valence-corrected chi connectivity index (χ4v) is 1.04. The highest BCUT2D eigenvalue weighted by molar-refractivity contribution is 5.75.